The van der Waals surface area contributed by atoms with E-state index < -0.39 is 24.2 Å². The molecule has 0 spiro atoms. The van der Waals surface area contributed by atoms with Crippen LogP contribution in [0.25, 0.3) is 0 Å². The van der Waals surface area contributed by atoms with Crippen LogP contribution in [0.3, 0.4) is 0 Å². The molecule has 0 saturated heterocycles. The number of rotatable bonds is 24. The second kappa shape index (κ2) is 68.8. The number of likely N-dealkylation sites (N-methyl/N-ethyl adjacent to an activating group) is 6. The summed E-state index contributed by atoms with van der Waals surface area (Å²) in [6.07, 6.45) is 8.02. The highest BCUT2D eigenvalue weighted by Crippen LogP contribution is 2.08. The SMILES string of the molecule is C.C.C.C.CN.CNC(=O)[C@@H](N)CCOC(=O)[C@H](CC(C)C)NC.CNC(=O)[C@@H](N)CCOC(=O)[C@H](CC(C)C)NC.CNC(=O)[C@@H](N)CCOC(=O)[C@H](Cc1ccccc1)NC.CO.CS.CS.CS. The smallest absolute Gasteiger partial charge is 0.323 e. The van der Waals surface area contributed by atoms with Gasteiger partial charge in [0.2, 0.25) is 17.7 Å². The lowest BCUT2D eigenvalue weighted by Gasteiger charge is -2.17. The van der Waals surface area contributed by atoms with Crippen molar-refractivity contribution in [3.63, 3.8) is 0 Å². The Labute approximate surface area is 449 Å². The van der Waals surface area contributed by atoms with Gasteiger partial charge in [0.15, 0.2) is 0 Å². The molecule has 0 saturated carbocycles. The normalized spacial score (nSPS) is 11.5. The van der Waals surface area contributed by atoms with Crippen molar-refractivity contribution in [3.8, 4) is 0 Å². The van der Waals surface area contributed by atoms with Crippen LogP contribution >= 0.6 is 37.9 Å². The number of ether oxygens (including phenoxy) is 3. The Balaban J connectivity index is -0.0000000756. The lowest BCUT2D eigenvalue weighted by molar-refractivity contribution is -0.147. The molecular weight excluding hydrogens is 973 g/mol. The third-order valence-corrected chi connectivity index (χ3v) is 8.36. The fraction of sp³-hybridized carbons (Fsp3) is 0.750. The summed E-state index contributed by atoms with van der Waals surface area (Å²) in [5.74, 6) is -0.889. The van der Waals surface area contributed by atoms with Crippen molar-refractivity contribution in [1.82, 2.24) is 31.9 Å². The maximum Gasteiger partial charge on any atom is 0.323 e. The quantitative estimate of drug-likeness (QED) is 0.0402. The van der Waals surface area contributed by atoms with Crippen molar-refractivity contribution in [3.05, 3.63) is 35.9 Å². The van der Waals surface area contributed by atoms with E-state index in [0.29, 0.717) is 37.5 Å². The number of aliphatic hydroxyl groups is 1. The van der Waals surface area contributed by atoms with Crippen LogP contribution in [0, 0.1) is 11.8 Å². The minimum atomic E-state index is -0.662. The zero-order valence-electron chi connectivity index (χ0n) is 43.1. The second-order valence-electron chi connectivity index (χ2n) is 14.0. The number of carbonyl (C=O) groups is 6. The number of aliphatic hydroxyl groups excluding tert-OH is 1. The molecule has 23 heteroatoms. The molecule has 0 fully saturated rings. The Morgan fingerprint density at radius 3 is 0.944 bits per heavy atom. The van der Waals surface area contributed by atoms with Crippen molar-refractivity contribution in [2.24, 2.45) is 34.8 Å². The summed E-state index contributed by atoms with van der Waals surface area (Å²) in [6, 6.07) is 6.73. The third-order valence-electron chi connectivity index (χ3n) is 8.36. The third kappa shape index (κ3) is 55.9. The summed E-state index contributed by atoms with van der Waals surface area (Å²) in [7, 11) is 12.2. The molecule has 0 aliphatic heterocycles. The first-order chi connectivity index (χ1) is 31.9. The number of amides is 3. The van der Waals surface area contributed by atoms with E-state index in [2.05, 4.69) is 75.5 Å². The second-order valence-corrected chi connectivity index (χ2v) is 14.0. The van der Waals surface area contributed by atoms with Gasteiger partial charge in [-0.25, -0.2) is 0 Å². The van der Waals surface area contributed by atoms with Gasteiger partial charge in [0.1, 0.15) is 18.1 Å². The topological polar surface area (TPSA) is 327 Å². The van der Waals surface area contributed by atoms with Gasteiger partial charge in [-0.15, -0.1) is 0 Å². The molecule has 430 valence electrons. The highest BCUT2D eigenvalue weighted by atomic mass is 32.1. The molecule has 1 aromatic carbocycles. The predicted molar refractivity (Wildman–Crippen MR) is 310 cm³/mol. The molecule has 0 heterocycles. The van der Waals surface area contributed by atoms with E-state index in [0.717, 1.165) is 25.5 Å². The Bertz CT molecular complexity index is 1260. The first-order valence-corrected chi connectivity index (χ1v) is 24.4. The Morgan fingerprint density at radius 1 is 0.493 bits per heavy atom. The first-order valence-electron chi connectivity index (χ1n) is 21.8. The van der Waals surface area contributed by atoms with Gasteiger partial charge in [-0.05, 0) is 83.6 Å². The number of nitrogens with one attached hydrogen (secondary N) is 6. The summed E-state index contributed by atoms with van der Waals surface area (Å²) in [5, 5.41) is 23.1. The largest absolute Gasteiger partial charge is 0.464 e. The minimum Gasteiger partial charge on any atom is -0.464 e. The van der Waals surface area contributed by atoms with E-state index in [1.807, 2.05) is 58.0 Å². The first kappa shape index (κ1) is 93.7. The molecule has 0 radical (unpaired) electrons. The summed E-state index contributed by atoms with van der Waals surface area (Å²) in [5.41, 5.74) is 22.3. The zero-order valence-corrected chi connectivity index (χ0v) is 45.8. The standard InChI is InChI=1S/C15H23N3O3.2C12H25N3O3.CH5N.CH4O.3CH4S.4CH4/c1-17-13(10-11-6-4-3-5-7-11)15(20)21-9-8-12(16)14(19)18-2;2*1-8(2)7-10(14-3)12(17)18-6-5-9(13)11(16)15-4;5*1-2;;;;/h3-7,12-13,17H,8-10,16H2,1-2H3,(H,18,19);2*8-10,14H,5-7,13H2,1-4H3,(H,15,16);2H2,1H3;4*2H,1H3;4*1H4/t12-,13-;2*9-,10-;;;;;;;;;/m000........./s1. The zero-order chi connectivity index (χ0) is 53.9. The fourth-order valence-corrected chi connectivity index (χ4v) is 4.87. The highest BCUT2D eigenvalue weighted by molar-refractivity contribution is 7.79. The molecular formula is C48H110N10O10S3. The Kier molecular flexibility index (Phi) is 90.9. The molecule has 1 rings (SSSR count). The van der Waals surface area contributed by atoms with Crippen LogP contribution in [0.1, 0.15) is 95.1 Å². The molecule has 0 unspecified atom stereocenters. The molecule has 6 atom stereocenters. The molecule has 3 amide bonds. The van der Waals surface area contributed by atoms with Crippen LogP contribution in [0.5, 0.6) is 0 Å². The lowest BCUT2D eigenvalue weighted by Crippen LogP contribution is -2.41. The van der Waals surface area contributed by atoms with Crippen molar-refractivity contribution in [1.29, 1.82) is 0 Å². The number of esters is 3. The van der Waals surface area contributed by atoms with E-state index in [1.54, 1.807) is 39.9 Å². The monoisotopic (exact) mass is 1080 g/mol. The number of benzene rings is 1. The van der Waals surface area contributed by atoms with E-state index >= 15 is 0 Å². The molecule has 71 heavy (non-hydrogen) atoms. The Hall–Kier alpha value is -3.23. The van der Waals surface area contributed by atoms with Crippen LogP contribution in [-0.2, 0) is 49.4 Å². The van der Waals surface area contributed by atoms with E-state index in [9.17, 15) is 28.8 Å². The van der Waals surface area contributed by atoms with Crippen molar-refractivity contribution >= 4 is 73.5 Å². The van der Waals surface area contributed by atoms with Crippen molar-refractivity contribution in [2.75, 3.05) is 95.0 Å². The predicted octanol–water partition coefficient (Wildman–Crippen LogP) is 2.44. The van der Waals surface area contributed by atoms with Gasteiger partial charge in [-0.3, -0.25) is 28.8 Å². The molecule has 0 aliphatic rings. The number of carbonyl (C=O) groups excluding carboxylic acids is 6. The minimum absolute atomic E-state index is 0. The molecule has 1 aromatic rings. The average molecular weight is 1080 g/mol. The van der Waals surface area contributed by atoms with Crippen molar-refractivity contribution in [2.45, 2.75) is 132 Å². The fourth-order valence-electron chi connectivity index (χ4n) is 4.87. The van der Waals surface area contributed by atoms with Gasteiger partial charge in [0, 0.05) is 47.5 Å². The molecule has 0 bridgehead atoms. The van der Waals surface area contributed by atoms with Gasteiger partial charge in [-0.2, -0.15) is 37.9 Å². The average Bonchev–Trinajstić information content (AvgIpc) is 3.36. The van der Waals surface area contributed by atoms with Crippen LogP contribution in [0.4, 0.5) is 0 Å². The number of hydrogen-bond acceptors (Lipinski definition) is 20. The van der Waals surface area contributed by atoms with E-state index in [-0.39, 0.29) is 97.2 Å². The van der Waals surface area contributed by atoms with Gasteiger partial charge >= 0.3 is 17.9 Å². The molecule has 0 aromatic heterocycles. The highest BCUT2D eigenvalue weighted by Gasteiger charge is 2.22. The summed E-state index contributed by atoms with van der Waals surface area (Å²) >= 11 is 10.6. The van der Waals surface area contributed by atoms with Crippen LogP contribution in [0.2, 0.25) is 0 Å². The van der Waals surface area contributed by atoms with E-state index in [1.165, 1.54) is 28.2 Å². The van der Waals surface area contributed by atoms with Crippen molar-refractivity contribution < 1.29 is 48.1 Å². The molecule has 15 N–H and O–H groups in total. The molecule has 20 nitrogen and oxygen atoms in total. The Morgan fingerprint density at radius 2 is 0.732 bits per heavy atom. The summed E-state index contributed by atoms with van der Waals surface area (Å²) < 4.78 is 15.4. The lowest BCUT2D eigenvalue weighted by atomic mass is 10.0. The number of hydrogen-bond donors (Lipinski definition) is 14. The van der Waals surface area contributed by atoms with Gasteiger partial charge in [0.05, 0.1) is 37.9 Å². The van der Waals surface area contributed by atoms with Gasteiger partial charge < -0.3 is 74.2 Å². The number of nitrogens with two attached hydrogens (primary N) is 4. The molecule has 0 aliphatic carbocycles. The summed E-state index contributed by atoms with van der Waals surface area (Å²) in [6.45, 7) is 8.60. The van der Waals surface area contributed by atoms with E-state index in [4.69, 9.17) is 36.5 Å². The maximum atomic E-state index is 12.0. The van der Waals surface area contributed by atoms with Crippen LogP contribution in [-0.4, -0.2) is 172 Å². The van der Waals surface area contributed by atoms with Gasteiger partial charge in [0.25, 0.3) is 0 Å². The number of thiol groups is 3. The summed E-state index contributed by atoms with van der Waals surface area (Å²) in [4.78, 5) is 68.9. The maximum absolute atomic E-state index is 12.0. The van der Waals surface area contributed by atoms with Gasteiger partial charge in [-0.1, -0.05) is 87.7 Å². The van der Waals surface area contributed by atoms with Crippen LogP contribution < -0.4 is 54.8 Å². The van der Waals surface area contributed by atoms with Crippen LogP contribution in [0.15, 0.2) is 30.3 Å².